The summed E-state index contributed by atoms with van der Waals surface area (Å²) in [6.45, 7) is 4.83. The van der Waals surface area contributed by atoms with Gasteiger partial charge in [-0.05, 0) is 68.1 Å². The van der Waals surface area contributed by atoms with Crippen LogP contribution in [0.15, 0.2) is 67.0 Å². The average Bonchev–Trinajstić information content (AvgIpc) is 3.51. The van der Waals surface area contributed by atoms with Gasteiger partial charge in [0.25, 0.3) is 0 Å². The molecular formula is C29H33FN8. The Hall–Kier alpha value is -3.98. The number of hydrogen-bond acceptors (Lipinski definition) is 6. The van der Waals surface area contributed by atoms with Gasteiger partial charge < -0.3 is 25.1 Å². The van der Waals surface area contributed by atoms with Crippen molar-refractivity contribution in [1.29, 1.82) is 0 Å². The van der Waals surface area contributed by atoms with E-state index in [2.05, 4.69) is 41.1 Å². The van der Waals surface area contributed by atoms with E-state index >= 15 is 0 Å². The molecule has 0 saturated carbocycles. The van der Waals surface area contributed by atoms with E-state index in [0.717, 1.165) is 91.4 Å². The van der Waals surface area contributed by atoms with Gasteiger partial charge in [0.2, 0.25) is 11.9 Å². The number of rotatable bonds is 10. The van der Waals surface area contributed by atoms with E-state index in [1.807, 2.05) is 36.4 Å². The largest absolute Gasteiger partial charge is 0.356 e. The Bertz CT molecular complexity index is 1450. The molecular weight excluding hydrogens is 479 g/mol. The number of imidazole rings is 2. The number of halogens is 1. The van der Waals surface area contributed by atoms with Crippen LogP contribution in [-0.2, 0) is 6.54 Å². The molecule has 4 heterocycles. The molecule has 0 radical (unpaired) electrons. The fraction of sp³-hybridized carbons (Fsp3) is 0.345. The molecule has 3 aromatic heterocycles. The smallest absolute Gasteiger partial charge is 0.204 e. The highest BCUT2D eigenvalue weighted by molar-refractivity contribution is 5.79. The lowest BCUT2D eigenvalue weighted by molar-refractivity contribution is 0.215. The van der Waals surface area contributed by atoms with Crippen molar-refractivity contribution in [2.75, 3.05) is 36.8 Å². The van der Waals surface area contributed by atoms with E-state index in [1.54, 1.807) is 12.4 Å². The Morgan fingerprint density at radius 2 is 1.79 bits per heavy atom. The van der Waals surface area contributed by atoms with Gasteiger partial charge in [-0.2, -0.15) is 0 Å². The first-order valence-electron chi connectivity index (χ1n) is 13.4. The third-order valence-corrected chi connectivity index (χ3v) is 7.31. The minimum Gasteiger partial charge on any atom is -0.356 e. The quantitative estimate of drug-likeness (QED) is 0.221. The first kappa shape index (κ1) is 24.4. The Morgan fingerprint density at radius 3 is 2.63 bits per heavy atom. The van der Waals surface area contributed by atoms with Gasteiger partial charge in [0, 0.05) is 31.9 Å². The highest BCUT2D eigenvalue weighted by Gasteiger charge is 2.21. The molecule has 1 fully saturated rings. The van der Waals surface area contributed by atoms with Gasteiger partial charge in [-0.15, -0.1) is 0 Å². The van der Waals surface area contributed by atoms with Crippen molar-refractivity contribution in [1.82, 2.24) is 29.4 Å². The molecule has 0 amide bonds. The van der Waals surface area contributed by atoms with Crippen LogP contribution in [0, 0.1) is 5.82 Å². The highest BCUT2D eigenvalue weighted by Crippen LogP contribution is 2.24. The molecule has 1 aliphatic heterocycles. The molecule has 1 saturated heterocycles. The molecule has 0 aliphatic carbocycles. The number of piperidine rings is 1. The van der Waals surface area contributed by atoms with Gasteiger partial charge in [0.1, 0.15) is 11.3 Å². The van der Waals surface area contributed by atoms with E-state index in [0.29, 0.717) is 12.6 Å². The number of H-pyrrole nitrogens is 1. The first-order valence-corrected chi connectivity index (χ1v) is 13.4. The third kappa shape index (κ3) is 5.62. The maximum Gasteiger partial charge on any atom is 0.204 e. The van der Waals surface area contributed by atoms with E-state index in [9.17, 15) is 4.39 Å². The van der Waals surface area contributed by atoms with Crippen LogP contribution in [0.1, 0.15) is 31.2 Å². The second-order valence-corrected chi connectivity index (χ2v) is 10.0. The zero-order valence-electron chi connectivity index (χ0n) is 21.4. The molecule has 0 unspecified atom stereocenters. The van der Waals surface area contributed by atoms with Crippen LogP contribution >= 0.6 is 0 Å². The molecule has 0 bridgehead atoms. The Kier molecular flexibility index (Phi) is 7.17. The minimum atomic E-state index is -0.213. The molecule has 8 nitrogen and oxygen atoms in total. The van der Waals surface area contributed by atoms with Crippen molar-refractivity contribution in [2.45, 2.75) is 38.3 Å². The summed E-state index contributed by atoms with van der Waals surface area (Å²) < 4.78 is 15.6. The Balaban J connectivity index is 0.981. The molecule has 6 rings (SSSR count). The van der Waals surface area contributed by atoms with Crippen molar-refractivity contribution in [2.24, 2.45) is 0 Å². The lowest BCUT2D eigenvalue weighted by Gasteiger charge is -2.32. The van der Waals surface area contributed by atoms with Gasteiger partial charge in [0.15, 0.2) is 0 Å². The fourth-order valence-electron chi connectivity index (χ4n) is 5.21. The molecule has 0 spiro atoms. The zero-order chi connectivity index (χ0) is 25.7. The standard InChI is InChI=1S/C29H33FN8/c30-22-9-7-21(8-10-22)20-38-27-6-2-1-5-25(27)36-29(38)33-23-12-17-37(18-13-23)16-4-3-14-32-28-34-24-11-15-31-19-26(24)35-28/h1-2,5-11,15,19,23H,3-4,12-14,16-18,20H2,(H,33,36)(H2,32,34,35). The summed E-state index contributed by atoms with van der Waals surface area (Å²) in [4.78, 5) is 19.4. The average molecular weight is 513 g/mol. The summed E-state index contributed by atoms with van der Waals surface area (Å²) in [7, 11) is 0. The van der Waals surface area contributed by atoms with Crippen LogP contribution in [0.25, 0.3) is 22.1 Å². The molecule has 38 heavy (non-hydrogen) atoms. The normalized spacial score (nSPS) is 14.9. The number of para-hydroxylation sites is 2. The molecule has 0 atom stereocenters. The number of nitrogens with zero attached hydrogens (tertiary/aromatic N) is 5. The summed E-state index contributed by atoms with van der Waals surface area (Å²) in [5.41, 5.74) is 5.01. The molecule has 1 aliphatic rings. The van der Waals surface area contributed by atoms with Crippen molar-refractivity contribution in [3.05, 3.63) is 78.4 Å². The number of benzene rings is 2. The van der Waals surface area contributed by atoms with E-state index in [1.165, 1.54) is 12.1 Å². The molecule has 196 valence electrons. The number of anilines is 2. The van der Waals surface area contributed by atoms with Gasteiger partial charge in [-0.25, -0.2) is 14.4 Å². The van der Waals surface area contributed by atoms with Crippen LogP contribution in [0.5, 0.6) is 0 Å². The van der Waals surface area contributed by atoms with E-state index < -0.39 is 0 Å². The van der Waals surface area contributed by atoms with Crippen molar-refractivity contribution >= 4 is 34.0 Å². The number of fused-ring (bicyclic) bond motifs is 2. The van der Waals surface area contributed by atoms with Crippen molar-refractivity contribution in [3.8, 4) is 0 Å². The maximum atomic E-state index is 13.4. The number of nitrogens with one attached hydrogen (secondary N) is 3. The molecule has 9 heteroatoms. The molecule has 5 aromatic rings. The predicted octanol–water partition coefficient (Wildman–Crippen LogP) is 5.26. The topological polar surface area (TPSA) is 86.7 Å². The second kappa shape index (κ2) is 11.2. The summed E-state index contributed by atoms with van der Waals surface area (Å²) in [5, 5.41) is 7.11. The van der Waals surface area contributed by atoms with Crippen molar-refractivity contribution in [3.63, 3.8) is 0 Å². The van der Waals surface area contributed by atoms with Crippen LogP contribution in [0.4, 0.5) is 16.3 Å². The number of pyridine rings is 1. The summed E-state index contributed by atoms with van der Waals surface area (Å²) in [5.74, 6) is 1.49. The number of aromatic nitrogens is 5. The first-order chi connectivity index (χ1) is 18.7. The van der Waals surface area contributed by atoms with Crippen LogP contribution in [-0.4, -0.2) is 61.6 Å². The van der Waals surface area contributed by atoms with E-state index in [-0.39, 0.29) is 5.82 Å². The third-order valence-electron chi connectivity index (χ3n) is 7.31. The summed E-state index contributed by atoms with van der Waals surface area (Å²) >= 11 is 0. The molecule has 2 aromatic carbocycles. The minimum absolute atomic E-state index is 0.213. The molecule has 3 N–H and O–H groups in total. The zero-order valence-corrected chi connectivity index (χ0v) is 21.4. The van der Waals surface area contributed by atoms with E-state index in [4.69, 9.17) is 4.98 Å². The van der Waals surface area contributed by atoms with Crippen LogP contribution in [0.3, 0.4) is 0 Å². The Labute approximate surface area is 221 Å². The number of likely N-dealkylation sites (tertiary alicyclic amines) is 1. The highest BCUT2D eigenvalue weighted by atomic mass is 19.1. The van der Waals surface area contributed by atoms with Crippen molar-refractivity contribution < 1.29 is 4.39 Å². The lowest BCUT2D eigenvalue weighted by atomic mass is 10.0. The predicted molar refractivity (Wildman–Crippen MR) is 150 cm³/mol. The number of unbranched alkanes of at least 4 members (excludes halogenated alkanes) is 1. The SMILES string of the molecule is Fc1ccc(Cn2c(NC3CCN(CCCCNc4nc5cnccc5[nH]4)CC3)nc3ccccc32)cc1. The fourth-order valence-corrected chi connectivity index (χ4v) is 5.21. The summed E-state index contributed by atoms with van der Waals surface area (Å²) in [6.07, 6.45) is 7.97. The van der Waals surface area contributed by atoms with Crippen LogP contribution in [0.2, 0.25) is 0 Å². The van der Waals surface area contributed by atoms with Gasteiger partial charge in [0.05, 0.1) is 29.3 Å². The van der Waals surface area contributed by atoms with Crippen LogP contribution < -0.4 is 10.6 Å². The Morgan fingerprint density at radius 1 is 0.947 bits per heavy atom. The van der Waals surface area contributed by atoms with Gasteiger partial charge in [-0.1, -0.05) is 24.3 Å². The monoisotopic (exact) mass is 512 g/mol. The van der Waals surface area contributed by atoms with Gasteiger partial charge in [-0.3, -0.25) is 4.98 Å². The summed E-state index contributed by atoms with van der Waals surface area (Å²) in [6, 6.07) is 17.2. The number of aromatic amines is 1. The lowest BCUT2D eigenvalue weighted by Crippen LogP contribution is -2.40. The number of hydrogen-bond donors (Lipinski definition) is 3. The maximum absolute atomic E-state index is 13.4. The second-order valence-electron chi connectivity index (χ2n) is 10.0. The van der Waals surface area contributed by atoms with Gasteiger partial charge >= 0.3 is 0 Å².